The summed E-state index contributed by atoms with van der Waals surface area (Å²) >= 11 is 1.85. The Morgan fingerprint density at radius 3 is 2.49 bits per heavy atom. The molecule has 2 saturated heterocycles. The summed E-state index contributed by atoms with van der Waals surface area (Å²) in [5, 5.41) is 11.1. The maximum atomic E-state index is 13.3. The molecule has 2 aliphatic rings. The Labute approximate surface area is 248 Å². The van der Waals surface area contributed by atoms with Crippen LogP contribution in [0.5, 0.6) is 0 Å². The first-order chi connectivity index (χ1) is 19.7. The summed E-state index contributed by atoms with van der Waals surface area (Å²) in [4.78, 5) is 23.5. The maximum absolute atomic E-state index is 13.3. The summed E-state index contributed by atoms with van der Waals surface area (Å²) < 4.78 is 13.3. The molecule has 3 unspecified atom stereocenters. The van der Waals surface area contributed by atoms with Crippen LogP contribution in [-0.4, -0.2) is 64.6 Å². The van der Waals surface area contributed by atoms with Crippen molar-refractivity contribution in [1.29, 1.82) is 0 Å². The molecule has 1 N–H and O–H groups in total. The van der Waals surface area contributed by atoms with Crippen LogP contribution in [0.3, 0.4) is 0 Å². The molecule has 41 heavy (non-hydrogen) atoms. The molecule has 2 aliphatic heterocycles. The molecule has 0 aliphatic carbocycles. The number of nitrogens with zero attached hydrogens (tertiary/aromatic N) is 3. The topological polar surface area (TPSA) is 56.7 Å². The van der Waals surface area contributed by atoms with E-state index in [1.165, 1.54) is 33.8 Å². The Kier molecular flexibility index (Phi) is 9.57. The number of carboxylic acid groups (broad SMARTS) is 1. The third-order valence-corrected chi connectivity index (χ3v) is 10.3. The summed E-state index contributed by atoms with van der Waals surface area (Å²) in [5.41, 5.74) is 4.92. The molecule has 3 aromatic rings. The van der Waals surface area contributed by atoms with Crippen LogP contribution in [-0.2, 0) is 17.6 Å². The zero-order valence-electron chi connectivity index (χ0n) is 24.9. The monoisotopic (exact) mass is 577 g/mol. The molecule has 0 saturated carbocycles. The van der Waals surface area contributed by atoms with E-state index in [0.717, 1.165) is 69.0 Å². The first-order valence-corrected chi connectivity index (χ1v) is 16.0. The van der Waals surface area contributed by atoms with Gasteiger partial charge in [0.05, 0.1) is 10.7 Å². The van der Waals surface area contributed by atoms with Gasteiger partial charge in [-0.2, -0.15) is 0 Å². The number of halogens is 1. The second kappa shape index (κ2) is 13.1. The summed E-state index contributed by atoms with van der Waals surface area (Å²) in [6.45, 7) is 13.1. The molecule has 0 radical (unpaired) electrons. The number of likely N-dealkylation sites (tertiary alicyclic amines) is 2. The fourth-order valence-electron chi connectivity index (χ4n) is 7.01. The van der Waals surface area contributed by atoms with Crippen molar-refractivity contribution in [1.82, 2.24) is 14.8 Å². The lowest BCUT2D eigenvalue weighted by Gasteiger charge is -2.34. The standard InChI is InChI=1S/C34H44FN3O2S/c1-5-30-33(41-31(36-30)18-24-9-11-28(35)12-10-24)25-13-15-37(16-14-25)19-27-20-38(32(22(2)3)34(39)40)21-29(27)26-8-6-7-23(4)17-26/h6-12,17,22,25,27,29,32H,5,13-16,18-21H2,1-4H3,(H,39,40). The van der Waals surface area contributed by atoms with Crippen molar-refractivity contribution in [2.45, 2.75) is 71.3 Å². The Balaban J connectivity index is 1.25. The molecule has 0 spiro atoms. The number of carboxylic acids is 1. The molecule has 0 bridgehead atoms. The highest BCUT2D eigenvalue weighted by Gasteiger charge is 2.41. The minimum atomic E-state index is -0.709. The van der Waals surface area contributed by atoms with Crippen molar-refractivity contribution in [2.75, 3.05) is 32.7 Å². The maximum Gasteiger partial charge on any atom is 0.321 e. The first kappa shape index (κ1) is 29.9. The number of hydrogen-bond acceptors (Lipinski definition) is 5. The average Bonchev–Trinajstić information content (AvgIpc) is 3.54. The van der Waals surface area contributed by atoms with Crippen LogP contribution in [0.2, 0.25) is 0 Å². The summed E-state index contributed by atoms with van der Waals surface area (Å²) in [5.74, 6) is 0.443. The third-order valence-electron chi connectivity index (χ3n) is 9.04. The Morgan fingerprint density at radius 1 is 1.12 bits per heavy atom. The fraction of sp³-hybridized carbons (Fsp3) is 0.529. The van der Waals surface area contributed by atoms with Crippen molar-refractivity contribution in [3.63, 3.8) is 0 Å². The Hall–Kier alpha value is -2.61. The quantitative estimate of drug-likeness (QED) is 0.289. The zero-order chi connectivity index (χ0) is 29.1. The number of piperidine rings is 1. The van der Waals surface area contributed by atoms with Gasteiger partial charge in [-0.1, -0.05) is 62.7 Å². The van der Waals surface area contributed by atoms with Crippen LogP contribution in [0.1, 0.15) is 77.7 Å². The summed E-state index contributed by atoms with van der Waals surface area (Å²) in [6, 6.07) is 15.1. The molecule has 2 fully saturated rings. The lowest BCUT2D eigenvalue weighted by atomic mass is 9.86. The van der Waals surface area contributed by atoms with E-state index in [1.807, 2.05) is 37.3 Å². The third kappa shape index (κ3) is 7.07. The smallest absolute Gasteiger partial charge is 0.321 e. The van der Waals surface area contributed by atoms with E-state index in [0.29, 0.717) is 17.8 Å². The largest absolute Gasteiger partial charge is 0.480 e. The van der Waals surface area contributed by atoms with E-state index in [2.05, 4.69) is 47.9 Å². The van der Waals surface area contributed by atoms with Crippen LogP contribution in [0.25, 0.3) is 0 Å². The summed E-state index contributed by atoms with van der Waals surface area (Å²) in [7, 11) is 0. The SMILES string of the molecule is CCc1nc(Cc2ccc(F)cc2)sc1C1CCN(CC2CN(C(C(=O)O)C(C)C)CC2c2cccc(C)c2)CC1. The van der Waals surface area contributed by atoms with Crippen LogP contribution in [0.4, 0.5) is 4.39 Å². The molecule has 3 atom stereocenters. The van der Waals surface area contributed by atoms with Gasteiger partial charge in [0, 0.05) is 36.9 Å². The molecule has 220 valence electrons. The van der Waals surface area contributed by atoms with E-state index in [4.69, 9.17) is 4.98 Å². The molecule has 1 aromatic heterocycles. The van der Waals surface area contributed by atoms with Crippen molar-refractivity contribution in [3.8, 4) is 0 Å². The number of aryl methyl sites for hydroxylation is 2. The van der Waals surface area contributed by atoms with Crippen LogP contribution >= 0.6 is 11.3 Å². The molecular formula is C34H44FN3O2S. The second-order valence-electron chi connectivity index (χ2n) is 12.4. The van der Waals surface area contributed by atoms with E-state index in [-0.39, 0.29) is 11.7 Å². The van der Waals surface area contributed by atoms with Crippen LogP contribution in [0.15, 0.2) is 48.5 Å². The van der Waals surface area contributed by atoms with Crippen molar-refractivity contribution in [3.05, 3.63) is 86.6 Å². The van der Waals surface area contributed by atoms with Gasteiger partial charge in [-0.05, 0) is 80.3 Å². The lowest BCUT2D eigenvalue weighted by Crippen LogP contribution is -2.44. The van der Waals surface area contributed by atoms with Crippen molar-refractivity contribution in [2.24, 2.45) is 11.8 Å². The van der Waals surface area contributed by atoms with Gasteiger partial charge in [0.25, 0.3) is 0 Å². The number of aliphatic carboxylic acids is 1. The normalized spacial score (nSPS) is 21.5. The number of rotatable bonds is 10. The van der Waals surface area contributed by atoms with Gasteiger partial charge in [-0.25, -0.2) is 9.37 Å². The molecule has 7 heteroatoms. The first-order valence-electron chi connectivity index (χ1n) is 15.2. The van der Waals surface area contributed by atoms with Gasteiger partial charge >= 0.3 is 5.97 Å². The minimum Gasteiger partial charge on any atom is -0.480 e. The zero-order valence-corrected chi connectivity index (χ0v) is 25.7. The highest BCUT2D eigenvalue weighted by atomic mass is 32.1. The Bertz CT molecular complexity index is 1320. The predicted molar refractivity (Wildman–Crippen MR) is 164 cm³/mol. The van der Waals surface area contributed by atoms with Gasteiger partial charge in [0.1, 0.15) is 11.9 Å². The van der Waals surface area contributed by atoms with Gasteiger partial charge < -0.3 is 10.0 Å². The minimum absolute atomic E-state index is 0.0697. The number of carbonyl (C=O) groups is 1. The number of thiazole rings is 1. The Morgan fingerprint density at radius 2 is 1.85 bits per heavy atom. The van der Waals surface area contributed by atoms with Gasteiger partial charge in [0.15, 0.2) is 0 Å². The molecular weight excluding hydrogens is 533 g/mol. The summed E-state index contributed by atoms with van der Waals surface area (Å²) in [6.07, 6.45) is 3.94. The lowest BCUT2D eigenvalue weighted by molar-refractivity contribution is -0.144. The van der Waals surface area contributed by atoms with Crippen molar-refractivity contribution >= 4 is 17.3 Å². The second-order valence-corrected chi connectivity index (χ2v) is 13.5. The number of aromatic nitrogens is 1. The fourth-order valence-corrected chi connectivity index (χ4v) is 8.37. The number of benzene rings is 2. The average molecular weight is 578 g/mol. The molecule has 3 heterocycles. The van der Waals surface area contributed by atoms with Crippen molar-refractivity contribution < 1.29 is 14.3 Å². The van der Waals surface area contributed by atoms with Crippen LogP contribution < -0.4 is 0 Å². The van der Waals surface area contributed by atoms with E-state index in [1.54, 1.807) is 0 Å². The number of hydrogen-bond donors (Lipinski definition) is 1. The molecule has 5 nitrogen and oxygen atoms in total. The molecule has 2 aromatic carbocycles. The van der Waals surface area contributed by atoms with E-state index >= 15 is 0 Å². The van der Waals surface area contributed by atoms with E-state index in [9.17, 15) is 14.3 Å². The van der Waals surface area contributed by atoms with E-state index < -0.39 is 12.0 Å². The van der Waals surface area contributed by atoms with Gasteiger partial charge in [-0.3, -0.25) is 9.69 Å². The predicted octanol–water partition coefficient (Wildman–Crippen LogP) is 6.75. The van der Waals surface area contributed by atoms with Gasteiger partial charge in [0.2, 0.25) is 0 Å². The van der Waals surface area contributed by atoms with Crippen LogP contribution in [0, 0.1) is 24.6 Å². The highest BCUT2D eigenvalue weighted by molar-refractivity contribution is 7.11. The molecule has 0 amide bonds. The van der Waals surface area contributed by atoms with Gasteiger partial charge in [-0.15, -0.1) is 11.3 Å². The molecule has 5 rings (SSSR count). The highest BCUT2D eigenvalue weighted by Crippen LogP contribution is 2.39.